The van der Waals surface area contributed by atoms with Crippen LogP contribution in [-0.4, -0.2) is 10.2 Å². The maximum absolute atomic E-state index is 10.1. The topological polar surface area (TPSA) is 40.5 Å². The zero-order valence-electron chi connectivity index (χ0n) is 8.97. The fourth-order valence-corrected chi connectivity index (χ4v) is 2.72. The Morgan fingerprint density at radius 2 is 1.47 bits per heavy atom. The number of halogens is 1. The van der Waals surface area contributed by atoms with Gasteiger partial charge in [-0.2, -0.15) is 0 Å². The predicted octanol–water partition coefficient (Wildman–Crippen LogP) is 3.20. The quantitative estimate of drug-likeness (QED) is 0.782. The van der Waals surface area contributed by atoms with Crippen molar-refractivity contribution in [1.82, 2.24) is 0 Å². The molecule has 0 bridgehead atoms. The summed E-state index contributed by atoms with van der Waals surface area (Å²) in [5.74, 6) is 0. The fourth-order valence-electron chi connectivity index (χ4n) is 2.36. The SMILES string of the molecule is O[C@H]1c2ccccc2-c2cc(Br)ccc2[C@@H]1O. The lowest BCUT2D eigenvalue weighted by atomic mass is 9.82. The number of fused-ring (bicyclic) bond motifs is 3. The number of benzene rings is 2. The number of hydrogen-bond acceptors (Lipinski definition) is 2. The van der Waals surface area contributed by atoms with Gasteiger partial charge in [0.2, 0.25) is 0 Å². The largest absolute Gasteiger partial charge is 0.385 e. The Morgan fingerprint density at radius 1 is 0.824 bits per heavy atom. The lowest BCUT2D eigenvalue weighted by Gasteiger charge is -2.29. The molecule has 2 N–H and O–H groups in total. The zero-order valence-corrected chi connectivity index (χ0v) is 10.6. The van der Waals surface area contributed by atoms with Crippen LogP contribution in [0.3, 0.4) is 0 Å². The van der Waals surface area contributed by atoms with E-state index in [-0.39, 0.29) is 0 Å². The highest BCUT2D eigenvalue weighted by atomic mass is 79.9. The van der Waals surface area contributed by atoms with E-state index in [1.165, 1.54) is 0 Å². The summed E-state index contributed by atoms with van der Waals surface area (Å²) >= 11 is 3.43. The first-order valence-electron chi connectivity index (χ1n) is 5.43. The molecule has 2 aromatic rings. The van der Waals surface area contributed by atoms with Crippen molar-refractivity contribution in [1.29, 1.82) is 0 Å². The van der Waals surface area contributed by atoms with Crippen LogP contribution in [-0.2, 0) is 0 Å². The highest BCUT2D eigenvalue weighted by Crippen LogP contribution is 2.44. The Morgan fingerprint density at radius 3 is 2.24 bits per heavy atom. The van der Waals surface area contributed by atoms with Gasteiger partial charge in [-0.15, -0.1) is 0 Å². The summed E-state index contributed by atoms with van der Waals surface area (Å²) in [5.41, 5.74) is 3.53. The molecule has 0 fully saturated rings. The van der Waals surface area contributed by atoms with Gasteiger partial charge in [0.25, 0.3) is 0 Å². The summed E-state index contributed by atoms with van der Waals surface area (Å²) in [7, 11) is 0. The van der Waals surface area contributed by atoms with Gasteiger partial charge in [-0.25, -0.2) is 0 Å². The van der Waals surface area contributed by atoms with Crippen molar-refractivity contribution in [2.75, 3.05) is 0 Å². The summed E-state index contributed by atoms with van der Waals surface area (Å²) in [5, 5.41) is 20.2. The van der Waals surface area contributed by atoms with Crippen molar-refractivity contribution in [2.24, 2.45) is 0 Å². The average Bonchev–Trinajstić information content (AvgIpc) is 2.36. The highest BCUT2D eigenvalue weighted by Gasteiger charge is 2.30. The van der Waals surface area contributed by atoms with Crippen molar-refractivity contribution >= 4 is 15.9 Å². The minimum absolute atomic E-state index is 0.777. The molecule has 0 saturated carbocycles. The number of aliphatic hydroxyl groups excluding tert-OH is 2. The van der Waals surface area contributed by atoms with E-state index in [9.17, 15) is 10.2 Å². The Labute approximate surface area is 108 Å². The van der Waals surface area contributed by atoms with Crippen LogP contribution in [0.2, 0.25) is 0 Å². The molecule has 2 nitrogen and oxygen atoms in total. The molecule has 2 atom stereocenters. The number of aliphatic hydroxyl groups is 2. The molecule has 0 saturated heterocycles. The summed E-state index contributed by atoms with van der Waals surface area (Å²) in [6.07, 6.45) is -1.70. The summed E-state index contributed by atoms with van der Waals surface area (Å²) in [4.78, 5) is 0. The molecule has 0 aromatic heterocycles. The van der Waals surface area contributed by atoms with Crippen LogP contribution in [0.1, 0.15) is 23.3 Å². The maximum Gasteiger partial charge on any atom is 0.110 e. The predicted molar refractivity (Wildman–Crippen MR) is 69.5 cm³/mol. The molecule has 0 radical (unpaired) electrons. The van der Waals surface area contributed by atoms with Crippen molar-refractivity contribution in [3.63, 3.8) is 0 Å². The van der Waals surface area contributed by atoms with Gasteiger partial charge in [-0.1, -0.05) is 46.3 Å². The molecule has 3 rings (SSSR count). The van der Waals surface area contributed by atoms with E-state index >= 15 is 0 Å². The Kier molecular flexibility index (Phi) is 2.54. The second kappa shape index (κ2) is 3.95. The molecule has 0 amide bonds. The molecular formula is C14H11BrO2. The van der Waals surface area contributed by atoms with Gasteiger partial charge in [0.1, 0.15) is 12.2 Å². The minimum Gasteiger partial charge on any atom is -0.385 e. The smallest absolute Gasteiger partial charge is 0.110 e. The van der Waals surface area contributed by atoms with Gasteiger partial charge in [0.15, 0.2) is 0 Å². The number of rotatable bonds is 0. The first kappa shape index (κ1) is 11.0. The van der Waals surface area contributed by atoms with Gasteiger partial charge in [-0.05, 0) is 34.4 Å². The van der Waals surface area contributed by atoms with Crippen LogP contribution in [0.4, 0.5) is 0 Å². The molecule has 86 valence electrons. The van der Waals surface area contributed by atoms with Crippen LogP contribution >= 0.6 is 15.9 Å². The fraction of sp³-hybridized carbons (Fsp3) is 0.143. The van der Waals surface area contributed by atoms with E-state index in [1.807, 2.05) is 42.5 Å². The summed E-state index contributed by atoms with van der Waals surface area (Å²) in [6, 6.07) is 13.3. The zero-order chi connectivity index (χ0) is 12.0. The average molecular weight is 291 g/mol. The molecule has 0 aliphatic heterocycles. The third kappa shape index (κ3) is 1.62. The van der Waals surface area contributed by atoms with Gasteiger partial charge >= 0.3 is 0 Å². The Balaban J connectivity index is 2.33. The molecule has 0 unspecified atom stereocenters. The molecule has 1 aliphatic carbocycles. The monoisotopic (exact) mass is 290 g/mol. The minimum atomic E-state index is -0.854. The first-order valence-corrected chi connectivity index (χ1v) is 6.22. The number of hydrogen-bond donors (Lipinski definition) is 2. The van der Waals surface area contributed by atoms with Crippen molar-refractivity contribution < 1.29 is 10.2 Å². The van der Waals surface area contributed by atoms with Crippen LogP contribution in [0.25, 0.3) is 11.1 Å². The van der Waals surface area contributed by atoms with Crippen LogP contribution in [0.15, 0.2) is 46.9 Å². The molecule has 0 spiro atoms. The summed E-state index contributed by atoms with van der Waals surface area (Å²) in [6.45, 7) is 0. The summed E-state index contributed by atoms with van der Waals surface area (Å²) < 4.78 is 0.967. The van der Waals surface area contributed by atoms with Crippen LogP contribution < -0.4 is 0 Å². The van der Waals surface area contributed by atoms with E-state index in [0.717, 1.165) is 26.7 Å². The van der Waals surface area contributed by atoms with Crippen LogP contribution in [0, 0.1) is 0 Å². The van der Waals surface area contributed by atoms with E-state index in [0.29, 0.717) is 0 Å². The second-order valence-corrected chi connectivity index (χ2v) is 5.12. The van der Waals surface area contributed by atoms with Crippen molar-refractivity contribution in [3.05, 3.63) is 58.1 Å². The molecule has 3 heteroatoms. The Bertz CT molecular complexity index is 580. The van der Waals surface area contributed by atoms with Crippen molar-refractivity contribution in [2.45, 2.75) is 12.2 Å². The molecular weight excluding hydrogens is 280 g/mol. The standard InChI is InChI=1S/C14H11BrO2/c15-8-5-6-11-12(7-8)9-3-1-2-4-10(9)13(16)14(11)17/h1-7,13-14,16-17H/t13-,14-/m0/s1. The van der Waals surface area contributed by atoms with Gasteiger partial charge in [0, 0.05) is 4.47 Å². The van der Waals surface area contributed by atoms with Gasteiger partial charge in [-0.3, -0.25) is 0 Å². The van der Waals surface area contributed by atoms with Crippen molar-refractivity contribution in [3.8, 4) is 11.1 Å². The van der Waals surface area contributed by atoms with E-state index in [4.69, 9.17) is 0 Å². The molecule has 0 heterocycles. The van der Waals surface area contributed by atoms with E-state index < -0.39 is 12.2 Å². The maximum atomic E-state index is 10.1. The molecule has 17 heavy (non-hydrogen) atoms. The van der Waals surface area contributed by atoms with Gasteiger partial charge in [0.05, 0.1) is 0 Å². The third-order valence-corrected chi connectivity index (χ3v) is 3.70. The first-order chi connectivity index (χ1) is 8.18. The lowest BCUT2D eigenvalue weighted by molar-refractivity contribution is 0.0158. The molecule has 1 aliphatic rings. The normalized spacial score (nSPS) is 21.8. The highest BCUT2D eigenvalue weighted by molar-refractivity contribution is 9.10. The lowest BCUT2D eigenvalue weighted by Crippen LogP contribution is -2.17. The van der Waals surface area contributed by atoms with E-state index in [2.05, 4.69) is 15.9 Å². The Hall–Kier alpha value is -1.16. The van der Waals surface area contributed by atoms with Crippen LogP contribution in [0.5, 0.6) is 0 Å². The second-order valence-electron chi connectivity index (χ2n) is 4.21. The van der Waals surface area contributed by atoms with Gasteiger partial charge < -0.3 is 10.2 Å². The molecule has 2 aromatic carbocycles. The van der Waals surface area contributed by atoms with E-state index in [1.54, 1.807) is 0 Å². The third-order valence-electron chi connectivity index (χ3n) is 3.20.